The van der Waals surface area contributed by atoms with Crippen molar-refractivity contribution < 1.29 is 4.79 Å². The molecule has 1 aromatic carbocycles. The van der Waals surface area contributed by atoms with Gasteiger partial charge in [0, 0.05) is 44.2 Å². The Morgan fingerprint density at radius 2 is 1.78 bits per heavy atom. The Balaban J connectivity index is 0.00000512. The third-order valence-electron chi connectivity index (χ3n) is 6.37. The van der Waals surface area contributed by atoms with E-state index in [1.54, 1.807) is 0 Å². The Bertz CT molecular complexity index is 672. The second-order valence-corrected chi connectivity index (χ2v) is 8.73. The van der Waals surface area contributed by atoms with Gasteiger partial charge in [0.05, 0.1) is 6.54 Å². The van der Waals surface area contributed by atoms with Crippen LogP contribution in [0.25, 0.3) is 0 Å². The van der Waals surface area contributed by atoms with Crippen LogP contribution in [0.2, 0.25) is 0 Å². The number of hydrogen-bond acceptors (Lipinski definition) is 3. The van der Waals surface area contributed by atoms with Gasteiger partial charge in [0.25, 0.3) is 0 Å². The number of likely N-dealkylation sites (tertiary alicyclic amines) is 1. The van der Waals surface area contributed by atoms with E-state index in [1.165, 1.54) is 5.56 Å². The van der Waals surface area contributed by atoms with E-state index in [0.717, 1.165) is 64.4 Å². The number of aliphatic imine (C=N–C) groups is 1. The summed E-state index contributed by atoms with van der Waals surface area (Å²) in [6, 6.07) is 11.3. The lowest BCUT2D eigenvalue weighted by molar-refractivity contribution is -0.136. The summed E-state index contributed by atoms with van der Waals surface area (Å²) in [5, 5.41) is 6.98. The molecule has 0 saturated carbocycles. The van der Waals surface area contributed by atoms with Crippen molar-refractivity contribution in [3.8, 4) is 0 Å². The first-order valence-corrected chi connectivity index (χ1v) is 12.1. The zero-order chi connectivity index (χ0) is 22.6. The highest BCUT2D eigenvalue weighted by atomic mass is 127. The van der Waals surface area contributed by atoms with Crippen LogP contribution >= 0.6 is 24.0 Å². The van der Waals surface area contributed by atoms with Crippen molar-refractivity contribution in [2.45, 2.75) is 72.0 Å². The van der Waals surface area contributed by atoms with Crippen molar-refractivity contribution in [1.82, 2.24) is 20.4 Å². The topological polar surface area (TPSA) is 60.0 Å². The molecule has 1 amide bonds. The van der Waals surface area contributed by atoms with E-state index in [2.05, 4.69) is 85.5 Å². The number of piperidine rings is 1. The van der Waals surface area contributed by atoms with Crippen molar-refractivity contribution in [3.05, 3.63) is 35.9 Å². The molecule has 1 aliphatic rings. The number of nitrogens with zero attached hydrogens (tertiary/aromatic N) is 3. The van der Waals surface area contributed by atoms with Crippen molar-refractivity contribution in [2.24, 2.45) is 10.9 Å². The molecule has 1 aromatic rings. The Kier molecular flexibility index (Phi) is 13.9. The monoisotopic (exact) mass is 557 g/mol. The predicted octanol–water partition coefficient (Wildman–Crippen LogP) is 4.11. The van der Waals surface area contributed by atoms with Gasteiger partial charge in [-0.05, 0) is 52.1 Å². The summed E-state index contributed by atoms with van der Waals surface area (Å²) in [4.78, 5) is 21.9. The molecule has 1 heterocycles. The van der Waals surface area contributed by atoms with E-state index in [9.17, 15) is 4.79 Å². The molecule has 0 aliphatic carbocycles. The molecule has 6 nitrogen and oxygen atoms in total. The molecule has 32 heavy (non-hydrogen) atoms. The summed E-state index contributed by atoms with van der Waals surface area (Å²) >= 11 is 0. The standard InChI is InChI=1S/C25H43N5O.HI/c1-6-22(7-2)24(31)30-16-14-23(15-17-30)28-25(26-8-3)27-18-20(4)29(5)19-21-12-10-9-11-13-21;/h9-13,20,22-23H,6-8,14-19H2,1-5H3,(H2,26,27,28);1H. The number of hydrogen-bond donors (Lipinski definition) is 2. The molecule has 1 atom stereocenters. The summed E-state index contributed by atoms with van der Waals surface area (Å²) in [5.41, 5.74) is 1.32. The minimum atomic E-state index is 0. The minimum absolute atomic E-state index is 0. The summed E-state index contributed by atoms with van der Waals surface area (Å²) in [6.45, 7) is 12.7. The van der Waals surface area contributed by atoms with Gasteiger partial charge in [-0.15, -0.1) is 24.0 Å². The van der Waals surface area contributed by atoms with E-state index < -0.39 is 0 Å². The maximum absolute atomic E-state index is 12.6. The van der Waals surface area contributed by atoms with Crippen LogP contribution in [-0.2, 0) is 11.3 Å². The normalized spacial score (nSPS) is 16.1. The van der Waals surface area contributed by atoms with Crippen molar-refractivity contribution in [1.29, 1.82) is 0 Å². The van der Waals surface area contributed by atoms with Crippen LogP contribution in [0.3, 0.4) is 0 Å². The number of carbonyl (C=O) groups is 1. The molecule has 2 rings (SSSR count). The molecule has 1 aliphatic heterocycles. The van der Waals surface area contributed by atoms with Gasteiger partial charge in [0.1, 0.15) is 0 Å². The molecule has 7 heteroatoms. The van der Waals surface area contributed by atoms with Gasteiger partial charge in [-0.25, -0.2) is 0 Å². The molecule has 1 saturated heterocycles. The molecular formula is C25H44IN5O. The molecular weight excluding hydrogens is 513 g/mol. The summed E-state index contributed by atoms with van der Waals surface area (Å²) in [6.07, 6.45) is 3.81. The summed E-state index contributed by atoms with van der Waals surface area (Å²) < 4.78 is 0. The fraction of sp³-hybridized carbons (Fsp3) is 0.680. The molecule has 1 unspecified atom stereocenters. The van der Waals surface area contributed by atoms with Gasteiger partial charge in [0.15, 0.2) is 5.96 Å². The van der Waals surface area contributed by atoms with E-state index in [-0.39, 0.29) is 29.9 Å². The van der Waals surface area contributed by atoms with E-state index >= 15 is 0 Å². The fourth-order valence-corrected chi connectivity index (χ4v) is 4.04. The van der Waals surface area contributed by atoms with Gasteiger partial charge in [-0.2, -0.15) is 0 Å². The maximum Gasteiger partial charge on any atom is 0.225 e. The van der Waals surface area contributed by atoms with E-state index in [4.69, 9.17) is 4.99 Å². The number of guanidine groups is 1. The number of carbonyl (C=O) groups excluding carboxylic acids is 1. The van der Waals surface area contributed by atoms with Crippen LogP contribution in [0.15, 0.2) is 35.3 Å². The predicted molar refractivity (Wildman–Crippen MR) is 146 cm³/mol. The molecule has 0 spiro atoms. The van der Waals surface area contributed by atoms with Gasteiger partial charge in [-0.1, -0.05) is 44.2 Å². The van der Waals surface area contributed by atoms with E-state index in [1.807, 2.05) is 0 Å². The highest BCUT2D eigenvalue weighted by Crippen LogP contribution is 2.17. The third-order valence-corrected chi connectivity index (χ3v) is 6.37. The number of likely N-dealkylation sites (N-methyl/N-ethyl adjacent to an activating group) is 1. The first-order valence-electron chi connectivity index (χ1n) is 12.1. The van der Waals surface area contributed by atoms with Crippen LogP contribution < -0.4 is 10.6 Å². The number of halogens is 1. The maximum atomic E-state index is 12.6. The lowest BCUT2D eigenvalue weighted by Gasteiger charge is -2.35. The lowest BCUT2D eigenvalue weighted by Crippen LogP contribution is -2.50. The molecule has 182 valence electrons. The van der Waals surface area contributed by atoms with Crippen LogP contribution in [0.5, 0.6) is 0 Å². The summed E-state index contributed by atoms with van der Waals surface area (Å²) in [5.74, 6) is 1.39. The summed E-state index contributed by atoms with van der Waals surface area (Å²) in [7, 11) is 2.15. The van der Waals surface area contributed by atoms with Gasteiger partial charge < -0.3 is 15.5 Å². The van der Waals surface area contributed by atoms with Crippen molar-refractivity contribution >= 4 is 35.8 Å². The minimum Gasteiger partial charge on any atom is -0.357 e. The molecule has 1 fully saturated rings. The quantitative estimate of drug-likeness (QED) is 0.258. The van der Waals surface area contributed by atoms with Crippen LogP contribution in [-0.4, -0.2) is 67.0 Å². The molecule has 0 aromatic heterocycles. The SMILES string of the molecule is CCNC(=NCC(C)N(C)Cc1ccccc1)NC1CCN(C(=O)C(CC)CC)CC1.I. The smallest absolute Gasteiger partial charge is 0.225 e. The van der Waals surface area contributed by atoms with Gasteiger partial charge in [-0.3, -0.25) is 14.7 Å². The Hall–Kier alpha value is -1.35. The highest BCUT2D eigenvalue weighted by molar-refractivity contribution is 14.0. The first-order chi connectivity index (χ1) is 15.0. The molecule has 2 N–H and O–H groups in total. The second kappa shape index (κ2) is 15.5. The average molecular weight is 558 g/mol. The van der Waals surface area contributed by atoms with E-state index in [0.29, 0.717) is 18.0 Å². The zero-order valence-electron chi connectivity index (χ0n) is 20.6. The average Bonchev–Trinajstić information content (AvgIpc) is 2.79. The largest absolute Gasteiger partial charge is 0.357 e. The van der Waals surface area contributed by atoms with Crippen LogP contribution in [0.4, 0.5) is 0 Å². The Labute approximate surface area is 212 Å². The van der Waals surface area contributed by atoms with Crippen molar-refractivity contribution in [3.63, 3.8) is 0 Å². The molecule has 0 bridgehead atoms. The van der Waals surface area contributed by atoms with Crippen LogP contribution in [0, 0.1) is 5.92 Å². The second-order valence-electron chi connectivity index (χ2n) is 8.73. The van der Waals surface area contributed by atoms with Gasteiger partial charge >= 0.3 is 0 Å². The Morgan fingerprint density at radius 3 is 2.34 bits per heavy atom. The highest BCUT2D eigenvalue weighted by Gasteiger charge is 2.26. The number of rotatable bonds is 10. The van der Waals surface area contributed by atoms with Gasteiger partial charge in [0.2, 0.25) is 5.91 Å². The van der Waals surface area contributed by atoms with Crippen LogP contribution in [0.1, 0.15) is 58.9 Å². The number of nitrogens with one attached hydrogen (secondary N) is 2. The fourth-order valence-electron chi connectivity index (χ4n) is 4.04. The zero-order valence-corrected chi connectivity index (χ0v) is 23.0. The Morgan fingerprint density at radius 1 is 1.16 bits per heavy atom. The molecule has 0 radical (unpaired) electrons. The van der Waals surface area contributed by atoms with Crippen molar-refractivity contribution in [2.75, 3.05) is 33.2 Å². The lowest BCUT2D eigenvalue weighted by atomic mass is 9.98. The number of benzene rings is 1. The third kappa shape index (κ3) is 9.25. The first kappa shape index (κ1) is 28.7. The number of amides is 1.